The molecule has 6 heteroatoms. The maximum atomic E-state index is 10.4. The molecule has 0 fully saturated rings. The lowest BCUT2D eigenvalue weighted by atomic mass is 9.96. The van der Waals surface area contributed by atoms with Crippen molar-refractivity contribution in [3.8, 4) is 34.1 Å². The van der Waals surface area contributed by atoms with Gasteiger partial charge in [0.2, 0.25) is 0 Å². The fourth-order valence-electron chi connectivity index (χ4n) is 2.51. The molecule has 0 heterocycles. The fourth-order valence-corrected chi connectivity index (χ4v) is 3.42. The van der Waals surface area contributed by atoms with Crippen molar-refractivity contribution in [2.24, 2.45) is 0 Å². The summed E-state index contributed by atoms with van der Waals surface area (Å²) in [5.41, 5.74) is 0.704. The van der Waals surface area contributed by atoms with Gasteiger partial charge in [0, 0.05) is 11.1 Å². The lowest BCUT2D eigenvalue weighted by molar-refractivity contribution is 0.415. The van der Waals surface area contributed by atoms with Crippen molar-refractivity contribution < 1.29 is 20.1 Å². The molecule has 0 bridgehead atoms. The molecule has 3 aromatic rings. The van der Waals surface area contributed by atoms with Gasteiger partial charge in [0.05, 0.1) is 16.1 Å². The van der Waals surface area contributed by atoms with Gasteiger partial charge < -0.3 is 20.1 Å². The molecule has 4 nitrogen and oxygen atoms in total. The molecule has 0 aliphatic rings. The molecule has 0 saturated heterocycles. The summed E-state index contributed by atoms with van der Waals surface area (Å²) < 4.78 is 5.87. The summed E-state index contributed by atoms with van der Waals surface area (Å²) in [4.78, 5) is 0. The van der Waals surface area contributed by atoms with Gasteiger partial charge in [0.15, 0.2) is 0 Å². The lowest BCUT2D eigenvalue weighted by Crippen LogP contribution is -1.89. The largest absolute Gasteiger partial charge is 0.507 e. The molecule has 0 unspecified atom stereocenters. The number of benzene rings is 3. The van der Waals surface area contributed by atoms with Crippen LogP contribution < -0.4 is 4.74 Å². The van der Waals surface area contributed by atoms with Gasteiger partial charge in [0.1, 0.15) is 23.0 Å². The monoisotopic (exact) mass is 438 g/mol. The highest BCUT2D eigenvalue weighted by Crippen LogP contribution is 2.50. The Morgan fingerprint density at radius 2 is 1.57 bits per heavy atom. The first-order valence-electron chi connectivity index (χ1n) is 6.64. The highest BCUT2D eigenvalue weighted by molar-refractivity contribution is 9.11. The molecule has 23 heavy (non-hydrogen) atoms. The van der Waals surface area contributed by atoms with Crippen molar-refractivity contribution in [1.29, 1.82) is 0 Å². The van der Waals surface area contributed by atoms with E-state index in [2.05, 4.69) is 31.9 Å². The van der Waals surface area contributed by atoms with Gasteiger partial charge in [-0.15, -0.1) is 0 Å². The smallest absolute Gasteiger partial charge is 0.139 e. The topological polar surface area (TPSA) is 69.9 Å². The van der Waals surface area contributed by atoms with Gasteiger partial charge >= 0.3 is 0 Å². The number of rotatable bonds is 2. The predicted octanol–water partition coefficient (Wildman–Crippen LogP) is 5.16. The van der Waals surface area contributed by atoms with E-state index in [4.69, 9.17) is 4.74 Å². The summed E-state index contributed by atoms with van der Waals surface area (Å²) in [6.07, 6.45) is 0. The van der Waals surface area contributed by atoms with Gasteiger partial charge in [-0.05, 0) is 66.9 Å². The first-order chi connectivity index (χ1) is 10.9. The van der Waals surface area contributed by atoms with Crippen LogP contribution in [0, 0.1) is 0 Å². The number of halogens is 2. The Labute approximate surface area is 149 Å². The quantitative estimate of drug-likeness (QED) is 0.482. The SMILES string of the molecule is COc1ccc2ccc(O)c(-c3c(O)c(Br)cc(O)c3Br)c2c1. The summed E-state index contributed by atoms with van der Waals surface area (Å²) >= 11 is 6.49. The van der Waals surface area contributed by atoms with Crippen molar-refractivity contribution in [2.75, 3.05) is 7.11 Å². The zero-order chi connectivity index (χ0) is 16.7. The molecule has 0 atom stereocenters. The average molecular weight is 440 g/mol. The number of aromatic hydroxyl groups is 3. The van der Waals surface area contributed by atoms with Gasteiger partial charge in [-0.25, -0.2) is 0 Å². The number of fused-ring (bicyclic) bond motifs is 1. The zero-order valence-corrected chi connectivity index (χ0v) is 15.1. The number of hydrogen-bond acceptors (Lipinski definition) is 4. The average Bonchev–Trinajstić information content (AvgIpc) is 2.54. The van der Waals surface area contributed by atoms with Crippen LogP contribution in [0.5, 0.6) is 23.0 Å². The van der Waals surface area contributed by atoms with E-state index in [0.29, 0.717) is 31.2 Å². The fraction of sp³-hybridized carbons (Fsp3) is 0.0588. The molecule has 3 aromatic carbocycles. The van der Waals surface area contributed by atoms with Gasteiger partial charge in [0.25, 0.3) is 0 Å². The molecule has 0 aliphatic heterocycles. The Morgan fingerprint density at radius 1 is 0.870 bits per heavy atom. The van der Waals surface area contributed by atoms with E-state index in [0.717, 1.165) is 5.39 Å². The van der Waals surface area contributed by atoms with Crippen LogP contribution in [-0.4, -0.2) is 22.4 Å². The molecule has 0 aromatic heterocycles. The minimum absolute atomic E-state index is 0.0146. The predicted molar refractivity (Wildman–Crippen MR) is 96.3 cm³/mol. The lowest BCUT2D eigenvalue weighted by Gasteiger charge is -2.15. The standard InChI is InChI=1S/C17H12Br2O4/c1-23-9-4-2-8-3-5-12(20)14(10(8)6-9)15-16(19)13(21)7-11(18)17(15)22/h2-7,20-22H,1H3. The van der Waals surface area contributed by atoms with E-state index in [1.807, 2.05) is 12.1 Å². The molecule has 0 radical (unpaired) electrons. The van der Waals surface area contributed by atoms with E-state index >= 15 is 0 Å². The summed E-state index contributed by atoms with van der Waals surface area (Å²) in [6, 6.07) is 10.2. The third kappa shape index (κ3) is 2.62. The zero-order valence-electron chi connectivity index (χ0n) is 12.0. The molecule has 0 aliphatic carbocycles. The summed E-state index contributed by atoms with van der Waals surface area (Å²) in [5, 5.41) is 32.4. The van der Waals surface area contributed by atoms with Crippen molar-refractivity contribution in [1.82, 2.24) is 0 Å². The second-order valence-electron chi connectivity index (χ2n) is 4.96. The third-order valence-electron chi connectivity index (χ3n) is 3.63. The molecule has 0 spiro atoms. The van der Waals surface area contributed by atoms with Crippen LogP contribution in [0.2, 0.25) is 0 Å². The van der Waals surface area contributed by atoms with Gasteiger partial charge in [-0.3, -0.25) is 0 Å². The van der Waals surface area contributed by atoms with Crippen LogP contribution in [0.1, 0.15) is 0 Å². The van der Waals surface area contributed by atoms with E-state index in [1.165, 1.54) is 6.07 Å². The summed E-state index contributed by atoms with van der Waals surface area (Å²) in [5.74, 6) is 0.475. The molecule has 0 amide bonds. The van der Waals surface area contributed by atoms with Crippen molar-refractivity contribution in [2.45, 2.75) is 0 Å². The molecule has 3 N–H and O–H groups in total. The molecular weight excluding hydrogens is 428 g/mol. The Hall–Kier alpha value is -1.92. The van der Waals surface area contributed by atoms with Crippen LogP contribution >= 0.6 is 31.9 Å². The number of ether oxygens (including phenoxy) is 1. The van der Waals surface area contributed by atoms with Crippen LogP contribution in [-0.2, 0) is 0 Å². The van der Waals surface area contributed by atoms with Crippen LogP contribution in [0.15, 0.2) is 45.3 Å². The minimum Gasteiger partial charge on any atom is -0.507 e. The molecule has 0 saturated carbocycles. The second-order valence-corrected chi connectivity index (χ2v) is 6.61. The number of hydrogen-bond donors (Lipinski definition) is 3. The van der Waals surface area contributed by atoms with E-state index in [9.17, 15) is 15.3 Å². The van der Waals surface area contributed by atoms with Crippen molar-refractivity contribution >= 4 is 42.6 Å². The first-order valence-corrected chi connectivity index (χ1v) is 8.22. The highest BCUT2D eigenvalue weighted by atomic mass is 79.9. The normalized spacial score (nSPS) is 10.9. The van der Waals surface area contributed by atoms with Gasteiger partial charge in [-0.1, -0.05) is 12.1 Å². The van der Waals surface area contributed by atoms with E-state index < -0.39 is 0 Å². The number of phenolic OH excluding ortho intramolecular Hbond substituents is 3. The second kappa shape index (κ2) is 5.94. The Balaban J connectivity index is 2.48. The van der Waals surface area contributed by atoms with Crippen molar-refractivity contribution in [3.05, 3.63) is 45.3 Å². The van der Waals surface area contributed by atoms with Crippen LogP contribution in [0.25, 0.3) is 21.9 Å². The summed E-state index contributed by atoms with van der Waals surface area (Å²) in [6.45, 7) is 0. The Kier molecular flexibility index (Phi) is 4.12. The maximum Gasteiger partial charge on any atom is 0.139 e. The minimum atomic E-state index is -0.0831. The van der Waals surface area contributed by atoms with E-state index in [1.54, 1.807) is 25.3 Å². The molecule has 118 valence electrons. The van der Waals surface area contributed by atoms with Crippen molar-refractivity contribution in [3.63, 3.8) is 0 Å². The summed E-state index contributed by atoms with van der Waals surface area (Å²) in [7, 11) is 1.56. The maximum absolute atomic E-state index is 10.4. The van der Waals surface area contributed by atoms with Gasteiger partial charge in [-0.2, -0.15) is 0 Å². The Bertz CT molecular complexity index is 896. The number of phenols is 3. The number of methoxy groups -OCH3 is 1. The van der Waals surface area contributed by atoms with Crippen LogP contribution in [0.4, 0.5) is 0 Å². The molecular formula is C17H12Br2O4. The Morgan fingerprint density at radius 3 is 2.26 bits per heavy atom. The molecule has 3 rings (SSSR count). The van der Waals surface area contributed by atoms with E-state index in [-0.39, 0.29) is 17.2 Å². The first kappa shape index (κ1) is 16.0. The highest BCUT2D eigenvalue weighted by Gasteiger charge is 2.21. The van der Waals surface area contributed by atoms with Crippen LogP contribution in [0.3, 0.4) is 0 Å². The third-order valence-corrected chi connectivity index (χ3v) is 5.03.